The van der Waals surface area contributed by atoms with E-state index in [0.717, 1.165) is 17.1 Å². The van der Waals surface area contributed by atoms with Gasteiger partial charge in [0, 0.05) is 28.8 Å². The predicted octanol–water partition coefficient (Wildman–Crippen LogP) is 5.31. The SMILES string of the molecule is COc1ccc(-c2noc(CN(C)C(=O)c3ccc(CSc4ccccc4)cc3)n2)cc1. The van der Waals surface area contributed by atoms with Gasteiger partial charge in [-0.15, -0.1) is 11.8 Å². The predicted molar refractivity (Wildman–Crippen MR) is 125 cm³/mol. The van der Waals surface area contributed by atoms with Gasteiger partial charge in [-0.05, 0) is 54.1 Å². The van der Waals surface area contributed by atoms with Crippen molar-refractivity contribution in [2.24, 2.45) is 0 Å². The molecule has 0 saturated heterocycles. The molecule has 1 amide bonds. The molecule has 0 aliphatic heterocycles. The number of hydrogen-bond donors (Lipinski definition) is 0. The average molecular weight is 446 g/mol. The van der Waals surface area contributed by atoms with E-state index in [4.69, 9.17) is 9.26 Å². The molecule has 4 rings (SSSR count). The Morgan fingerprint density at radius 1 is 1.00 bits per heavy atom. The lowest BCUT2D eigenvalue weighted by Gasteiger charge is -2.15. The number of carbonyl (C=O) groups is 1. The van der Waals surface area contributed by atoms with Crippen LogP contribution in [0.4, 0.5) is 0 Å². The molecule has 4 aromatic rings. The first-order valence-corrected chi connectivity index (χ1v) is 11.1. The molecule has 0 aliphatic carbocycles. The molecule has 0 bridgehead atoms. The summed E-state index contributed by atoms with van der Waals surface area (Å²) in [5.74, 6) is 2.36. The van der Waals surface area contributed by atoms with Gasteiger partial charge in [-0.2, -0.15) is 4.98 Å². The molecule has 0 saturated carbocycles. The van der Waals surface area contributed by atoms with Gasteiger partial charge in [0.2, 0.25) is 11.7 Å². The third-order valence-corrected chi connectivity index (χ3v) is 5.97. The standard InChI is InChI=1S/C25H23N3O3S/c1-28(16-23-26-24(27-31-23)19-12-14-21(30-2)15-13-19)25(29)20-10-8-18(9-11-20)17-32-22-6-4-3-5-7-22/h3-15H,16-17H2,1-2H3. The van der Waals surface area contributed by atoms with Crippen molar-refractivity contribution in [3.05, 3.63) is 95.9 Å². The number of hydrogen-bond acceptors (Lipinski definition) is 6. The molecule has 6 nitrogen and oxygen atoms in total. The van der Waals surface area contributed by atoms with Gasteiger partial charge in [-0.25, -0.2) is 0 Å². The lowest BCUT2D eigenvalue weighted by molar-refractivity contribution is 0.0769. The average Bonchev–Trinajstić information content (AvgIpc) is 3.31. The number of amides is 1. The van der Waals surface area contributed by atoms with Crippen molar-refractivity contribution in [1.82, 2.24) is 15.0 Å². The van der Waals surface area contributed by atoms with Crippen LogP contribution in [0.5, 0.6) is 5.75 Å². The smallest absolute Gasteiger partial charge is 0.254 e. The molecule has 3 aromatic carbocycles. The van der Waals surface area contributed by atoms with Gasteiger partial charge in [-0.1, -0.05) is 35.5 Å². The number of methoxy groups -OCH3 is 1. The van der Waals surface area contributed by atoms with E-state index in [2.05, 4.69) is 22.3 Å². The fraction of sp³-hybridized carbons (Fsp3) is 0.160. The molecule has 0 fully saturated rings. The summed E-state index contributed by atoms with van der Waals surface area (Å²) in [5, 5.41) is 4.02. The Hall–Kier alpha value is -3.58. The highest BCUT2D eigenvalue weighted by Crippen LogP contribution is 2.23. The monoisotopic (exact) mass is 445 g/mol. The van der Waals surface area contributed by atoms with Crippen LogP contribution in [-0.4, -0.2) is 35.1 Å². The van der Waals surface area contributed by atoms with E-state index in [0.29, 0.717) is 17.3 Å². The van der Waals surface area contributed by atoms with E-state index in [-0.39, 0.29) is 12.5 Å². The number of ether oxygens (including phenoxy) is 1. The summed E-state index contributed by atoms with van der Waals surface area (Å²) in [7, 11) is 3.34. The van der Waals surface area contributed by atoms with Crippen LogP contribution in [0.25, 0.3) is 11.4 Å². The number of carbonyl (C=O) groups excluding carboxylic acids is 1. The molecule has 32 heavy (non-hydrogen) atoms. The molecule has 7 heteroatoms. The van der Waals surface area contributed by atoms with E-state index < -0.39 is 0 Å². The van der Waals surface area contributed by atoms with Gasteiger partial charge in [0.1, 0.15) is 5.75 Å². The summed E-state index contributed by atoms with van der Waals surface area (Å²) >= 11 is 1.77. The Morgan fingerprint density at radius 3 is 2.41 bits per heavy atom. The highest BCUT2D eigenvalue weighted by Gasteiger charge is 2.16. The molecule has 0 atom stereocenters. The van der Waals surface area contributed by atoms with Crippen molar-refractivity contribution in [1.29, 1.82) is 0 Å². The molecular weight excluding hydrogens is 422 g/mol. The van der Waals surface area contributed by atoms with E-state index >= 15 is 0 Å². The van der Waals surface area contributed by atoms with Gasteiger partial charge >= 0.3 is 0 Å². The summed E-state index contributed by atoms with van der Waals surface area (Å²) in [6.07, 6.45) is 0. The van der Waals surface area contributed by atoms with E-state index in [1.165, 1.54) is 10.5 Å². The van der Waals surface area contributed by atoms with Crippen LogP contribution in [0.15, 0.2) is 88.3 Å². The number of thioether (sulfide) groups is 1. The Balaban J connectivity index is 1.34. The van der Waals surface area contributed by atoms with E-state index in [1.54, 1.807) is 30.8 Å². The second kappa shape index (κ2) is 10.2. The zero-order valence-electron chi connectivity index (χ0n) is 17.9. The number of benzene rings is 3. The molecule has 0 aliphatic rings. The molecule has 0 unspecified atom stereocenters. The minimum Gasteiger partial charge on any atom is -0.497 e. The summed E-state index contributed by atoms with van der Waals surface area (Å²) in [6.45, 7) is 0.230. The zero-order valence-corrected chi connectivity index (χ0v) is 18.7. The zero-order chi connectivity index (χ0) is 22.3. The van der Waals surface area contributed by atoms with Gasteiger partial charge < -0.3 is 14.2 Å². The molecule has 162 valence electrons. The molecular formula is C25H23N3O3S. The maximum atomic E-state index is 12.8. The van der Waals surface area contributed by atoms with Gasteiger partial charge in [-0.3, -0.25) is 4.79 Å². The van der Waals surface area contributed by atoms with Gasteiger partial charge in [0.25, 0.3) is 5.91 Å². The van der Waals surface area contributed by atoms with Crippen LogP contribution in [0.3, 0.4) is 0 Å². The van der Waals surface area contributed by atoms with Crippen LogP contribution in [0.2, 0.25) is 0 Å². The topological polar surface area (TPSA) is 68.5 Å². The Bertz CT molecular complexity index is 1160. The second-order valence-electron chi connectivity index (χ2n) is 7.20. The van der Waals surface area contributed by atoms with Crippen molar-refractivity contribution in [2.45, 2.75) is 17.2 Å². The van der Waals surface area contributed by atoms with Crippen molar-refractivity contribution in [3.8, 4) is 17.1 Å². The van der Waals surface area contributed by atoms with Crippen LogP contribution in [0.1, 0.15) is 21.8 Å². The maximum Gasteiger partial charge on any atom is 0.254 e. The van der Waals surface area contributed by atoms with E-state index in [9.17, 15) is 4.79 Å². The fourth-order valence-corrected chi connectivity index (χ4v) is 3.97. The van der Waals surface area contributed by atoms with Crippen molar-refractivity contribution in [3.63, 3.8) is 0 Å². The third-order valence-electron chi connectivity index (χ3n) is 4.89. The Morgan fingerprint density at radius 2 is 1.72 bits per heavy atom. The van der Waals surface area contributed by atoms with Crippen molar-refractivity contribution < 1.29 is 14.1 Å². The number of aromatic nitrogens is 2. The van der Waals surface area contributed by atoms with Crippen molar-refractivity contribution >= 4 is 17.7 Å². The van der Waals surface area contributed by atoms with E-state index in [1.807, 2.05) is 66.7 Å². The molecule has 0 radical (unpaired) electrons. The normalized spacial score (nSPS) is 10.7. The van der Waals surface area contributed by atoms with Crippen LogP contribution in [0, 0.1) is 0 Å². The minimum absolute atomic E-state index is 0.101. The summed E-state index contributed by atoms with van der Waals surface area (Å²) in [5.41, 5.74) is 2.61. The first kappa shape index (κ1) is 21.6. The van der Waals surface area contributed by atoms with Crippen LogP contribution >= 0.6 is 11.8 Å². The minimum atomic E-state index is -0.101. The lowest BCUT2D eigenvalue weighted by atomic mass is 10.1. The molecule has 0 spiro atoms. The lowest BCUT2D eigenvalue weighted by Crippen LogP contribution is -2.26. The largest absolute Gasteiger partial charge is 0.497 e. The first-order chi connectivity index (χ1) is 15.6. The Labute approximate surface area is 191 Å². The van der Waals surface area contributed by atoms with Crippen LogP contribution < -0.4 is 4.74 Å². The number of rotatable bonds is 8. The fourth-order valence-electron chi connectivity index (χ4n) is 3.10. The quantitative estimate of drug-likeness (QED) is 0.342. The first-order valence-electron chi connectivity index (χ1n) is 10.1. The number of nitrogens with zero attached hydrogens (tertiary/aromatic N) is 3. The van der Waals surface area contributed by atoms with Crippen molar-refractivity contribution in [2.75, 3.05) is 14.2 Å². The summed E-state index contributed by atoms with van der Waals surface area (Å²) in [4.78, 5) is 20.0. The van der Waals surface area contributed by atoms with Crippen LogP contribution in [-0.2, 0) is 12.3 Å². The highest BCUT2D eigenvalue weighted by molar-refractivity contribution is 7.98. The summed E-state index contributed by atoms with van der Waals surface area (Å²) < 4.78 is 10.5. The second-order valence-corrected chi connectivity index (χ2v) is 8.25. The third kappa shape index (κ3) is 5.36. The molecule has 0 N–H and O–H groups in total. The maximum absolute atomic E-state index is 12.8. The highest BCUT2D eigenvalue weighted by atomic mass is 32.2. The molecule has 1 heterocycles. The Kier molecular flexibility index (Phi) is 6.87. The van der Waals surface area contributed by atoms with Gasteiger partial charge in [0.05, 0.1) is 13.7 Å². The summed E-state index contributed by atoms with van der Waals surface area (Å²) in [6, 6.07) is 25.3. The van der Waals surface area contributed by atoms with Gasteiger partial charge in [0.15, 0.2) is 0 Å². The molecule has 1 aromatic heterocycles.